The number of methoxy groups -OCH3 is 1. The van der Waals surface area contributed by atoms with Crippen molar-refractivity contribution in [1.29, 1.82) is 0 Å². The van der Waals surface area contributed by atoms with Gasteiger partial charge >= 0.3 is 0 Å². The highest BCUT2D eigenvalue weighted by Gasteiger charge is 2.10. The van der Waals surface area contributed by atoms with Crippen LogP contribution in [0.1, 0.15) is 24.5 Å². The zero-order chi connectivity index (χ0) is 14.5. The van der Waals surface area contributed by atoms with E-state index in [0.29, 0.717) is 5.15 Å². The third-order valence-electron chi connectivity index (χ3n) is 3.08. The van der Waals surface area contributed by atoms with Crippen LogP contribution in [0, 0.1) is 6.92 Å². The van der Waals surface area contributed by atoms with Gasteiger partial charge in [0.05, 0.1) is 7.11 Å². The number of hydrogen-bond donors (Lipinski definition) is 1. The number of anilines is 2. The molecule has 106 valence electrons. The van der Waals surface area contributed by atoms with Crippen molar-refractivity contribution in [2.24, 2.45) is 0 Å². The molecule has 0 saturated heterocycles. The van der Waals surface area contributed by atoms with Crippen LogP contribution in [0.15, 0.2) is 24.5 Å². The number of halogens is 1. The molecule has 1 aromatic carbocycles. The second kappa shape index (κ2) is 6.57. The number of rotatable bonds is 5. The van der Waals surface area contributed by atoms with Crippen molar-refractivity contribution in [3.05, 3.63) is 40.8 Å². The van der Waals surface area contributed by atoms with Gasteiger partial charge in [0.2, 0.25) is 0 Å². The summed E-state index contributed by atoms with van der Waals surface area (Å²) in [4.78, 5) is 8.34. The summed E-state index contributed by atoms with van der Waals surface area (Å²) >= 11 is 6.15. The zero-order valence-electron chi connectivity index (χ0n) is 11.9. The summed E-state index contributed by atoms with van der Waals surface area (Å²) in [6, 6.07) is 5.86. The molecule has 1 heterocycles. The molecule has 20 heavy (non-hydrogen) atoms. The Kier molecular flexibility index (Phi) is 4.79. The summed E-state index contributed by atoms with van der Waals surface area (Å²) in [5.74, 6) is 1.60. The van der Waals surface area contributed by atoms with Gasteiger partial charge in [-0.15, -0.1) is 0 Å². The van der Waals surface area contributed by atoms with Crippen molar-refractivity contribution in [1.82, 2.24) is 9.97 Å². The maximum atomic E-state index is 6.15. The normalized spacial score (nSPS) is 10.4. The van der Waals surface area contributed by atoms with Gasteiger partial charge in [-0.05, 0) is 37.1 Å². The van der Waals surface area contributed by atoms with Gasteiger partial charge in [0.1, 0.15) is 23.0 Å². The fourth-order valence-electron chi connectivity index (χ4n) is 2.00. The molecule has 0 saturated carbocycles. The molecular weight excluding hydrogens is 274 g/mol. The maximum absolute atomic E-state index is 6.15. The Hall–Kier alpha value is -1.81. The van der Waals surface area contributed by atoms with E-state index in [4.69, 9.17) is 16.3 Å². The number of nitrogens with zero attached hydrogens (tertiary/aromatic N) is 2. The van der Waals surface area contributed by atoms with Crippen LogP contribution < -0.4 is 10.1 Å². The standard InChI is InChI=1S/C15H18ClN3O/c1-4-5-12-14(16)17-9-18-15(12)19-13-7-6-11(20-3)8-10(13)2/h6-9H,4-5H2,1-3H3,(H,17,18,19). The topological polar surface area (TPSA) is 47.0 Å². The molecule has 0 spiro atoms. The van der Waals surface area contributed by atoms with Crippen molar-refractivity contribution >= 4 is 23.1 Å². The van der Waals surface area contributed by atoms with Crippen LogP contribution in [-0.4, -0.2) is 17.1 Å². The largest absolute Gasteiger partial charge is 0.497 e. The van der Waals surface area contributed by atoms with Crippen LogP contribution in [0.2, 0.25) is 5.15 Å². The predicted octanol–water partition coefficient (Wildman–Crippen LogP) is 4.14. The van der Waals surface area contributed by atoms with Crippen LogP contribution in [0.25, 0.3) is 0 Å². The number of aryl methyl sites for hydroxylation is 1. The molecule has 0 bridgehead atoms. The van der Waals surface area contributed by atoms with Crippen molar-refractivity contribution in [2.75, 3.05) is 12.4 Å². The van der Waals surface area contributed by atoms with E-state index >= 15 is 0 Å². The van der Waals surface area contributed by atoms with Crippen molar-refractivity contribution < 1.29 is 4.74 Å². The lowest BCUT2D eigenvalue weighted by Crippen LogP contribution is -2.02. The molecule has 0 aliphatic carbocycles. The van der Waals surface area contributed by atoms with Crippen LogP contribution in [0.5, 0.6) is 5.75 Å². The number of hydrogen-bond acceptors (Lipinski definition) is 4. The number of nitrogens with one attached hydrogen (secondary N) is 1. The van der Waals surface area contributed by atoms with Gasteiger partial charge in [0, 0.05) is 11.3 Å². The van der Waals surface area contributed by atoms with Crippen LogP contribution in [0.4, 0.5) is 11.5 Å². The molecule has 0 radical (unpaired) electrons. The molecule has 2 rings (SSSR count). The molecule has 5 heteroatoms. The van der Waals surface area contributed by atoms with E-state index in [1.54, 1.807) is 7.11 Å². The van der Waals surface area contributed by atoms with E-state index in [2.05, 4.69) is 22.2 Å². The lowest BCUT2D eigenvalue weighted by molar-refractivity contribution is 0.414. The highest BCUT2D eigenvalue weighted by atomic mass is 35.5. The lowest BCUT2D eigenvalue weighted by Gasteiger charge is -2.13. The maximum Gasteiger partial charge on any atom is 0.138 e. The summed E-state index contributed by atoms with van der Waals surface area (Å²) in [6.45, 7) is 4.12. The number of benzene rings is 1. The van der Waals surface area contributed by atoms with Gasteiger partial charge in [-0.3, -0.25) is 0 Å². The summed E-state index contributed by atoms with van der Waals surface area (Å²) in [5, 5.41) is 3.84. The summed E-state index contributed by atoms with van der Waals surface area (Å²) in [6.07, 6.45) is 3.31. The number of ether oxygens (including phenoxy) is 1. The van der Waals surface area contributed by atoms with Gasteiger partial charge in [0.15, 0.2) is 0 Å². The Morgan fingerprint density at radius 1 is 1.30 bits per heavy atom. The molecule has 0 atom stereocenters. The second-order valence-electron chi connectivity index (χ2n) is 4.55. The predicted molar refractivity (Wildman–Crippen MR) is 82.1 cm³/mol. The van der Waals surface area contributed by atoms with Crippen molar-refractivity contribution in [3.63, 3.8) is 0 Å². The molecule has 0 unspecified atom stereocenters. The molecule has 1 N–H and O–H groups in total. The van der Waals surface area contributed by atoms with E-state index in [9.17, 15) is 0 Å². The summed E-state index contributed by atoms with van der Waals surface area (Å²) < 4.78 is 5.21. The summed E-state index contributed by atoms with van der Waals surface area (Å²) in [7, 11) is 1.66. The lowest BCUT2D eigenvalue weighted by atomic mass is 10.1. The molecule has 1 aromatic heterocycles. The quantitative estimate of drug-likeness (QED) is 0.841. The molecule has 0 fully saturated rings. The first-order valence-corrected chi connectivity index (χ1v) is 6.94. The zero-order valence-corrected chi connectivity index (χ0v) is 12.7. The summed E-state index contributed by atoms with van der Waals surface area (Å²) in [5.41, 5.74) is 3.02. The third kappa shape index (κ3) is 3.20. The molecular formula is C15H18ClN3O. The molecule has 0 aliphatic heterocycles. The minimum absolute atomic E-state index is 0.510. The van der Waals surface area contributed by atoms with Crippen molar-refractivity contribution in [2.45, 2.75) is 26.7 Å². The van der Waals surface area contributed by atoms with Crippen LogP contribution in [-0.2, 0) is 6.42 Å². The average Bonchev–Trinajstić information content (AvgIpc) is 2.44. The molecule has 2 aromatic rings. The molecule has 0 aliphatic rings. The van der Waals surface area contributed by atoms with E-state index in [-0.39, 0.29) is 0 Å². The smallest absolute Gasteiger partial charge is 0.138 e. The van der Waals surface area contributed by atoms with Gasteiger partial charge < -0.3 is 10.1 Å². The number of aromatic nitrogens is 2. The molecule has 4 nitrogen and oxygen atoms in total. The highest BCUT2D eigenvalue weighted by Crippen LogP contribution is 2.28. The van der Waals surface area contributed by atoms with E-state index in [1.807, 2.05) is 25.1 Å². The van der Waals surface area contributed by atoms with Crippen LogP contribution >= 0.6 is 11.6 Å². The highest BCUT2D eigenvalue weighted by molar-refractivity contribution is 6.30. The Morgan fingerprint density at radius 3 is 2.75 bits per heavy atom. The first kappa shape index (κ1) is 14.6. The minimum atomic E-state index is 0.510. The Bertz CT molecular complexity index is 602. The monoisotopic (exact) mass is 291 g/mol. The third-order valence-corrected chi connectivity index (χ3v) is 3.41. The molecule has 0 amide bonds. The van der Waals surface area contributed by atoms with E-state index in [1.165, 1.54) is 6.33 Å². The van der Waals surface area contributed by atoms with E-state index in [0.717, 1.165) is 41.2 Å². The van der Waals surface area contributed by atoms with Gasteiger partial charge in [-0.1, -0.05) is 24.9 Å². The van der Waals surface area contributed by atoms with Crippen molar-refractivity contribution in [3.8, 4) is 5.75 Å². The van der Waals surface area contributed by atoms with E-state index < -0.39 is 0 Å². The Balaban J connectivity index is 2.32. The second-order valence-corrected chi connectivity index (χ2v) is 4.91. The van der Waals surface area contributed by atoms with Crippen LogP contribution in [0.3, 0.4) is 0 Å². The fraction of sp³-hybridized carbons (Fsp3) is 0.333. The van der Waals surface area contributed by atoms with Gasteiger partial charge in [-0.2, -0.15) is 0 Å². The van der Waals surface area contributed by atoms with Gasteiger partial charge in [-0.25, -0.2) is 9.97 Å². The average molecular weight is 292 g/mol. The Morgan fingerprint density at radius 2 is 2.10 bits per heavy atom. The SMILES string of the molecule is CCCc1c(Cl)ncnc1Nc1ccc(OC)cc1C. The minimum Gasteiger partial charge on any atom is -0.497 e. The van der Waals surface area contributed by atoms with Gasteiger partial charge in [0.25, 0.3) is 0 Å². The first-order chi connectivity index (χ1) is 9.65. The fourth-order valence-corrected chi connectivity index (χ4v) is 2.23. The Labute approximate surface area is 124 Å². The first-order valence-electron chi connectivity index (χ1n) is 6.56.